The molecule has 0 bridgehead atoms. The highest BCUT2D eigenvalue weighted by Crippen LogP contribution is 2.30. The third kappa shape index (κ3) is 3.61. The number of morpholine rings is 1. The van der Waals surface area contributed by atoms with E-state index in [9.17, 15) is 0 Å². The largest absolute Gasteiger partial charge is 0.454 e. The summed E-state index contributed by atoms with van der Waals surface area (Å²) in [6.45, 7) is 3.81. The molecule has 1 aromatic heterocycles. The van der Waals surface area contributed by atoms with Crippen LogP contribution in [-0.2, 0) is 4.74 Å². The average molecular weight is 287 g/mol. The van der Waals surface area contributed by atoms with Gasteiger partial charge in [-0.25, -0.2) is 9.97 Å². The third-order valence-electron chi connectivity index (χ3n) is 3.18. The van der Waals surface area contributed by atoms with Crippen molar-refractivity contribution >= 4 is 5.82 Å². The molecule has 2 aliphatic heterocycles. The Morgan fingerprint density at radius 2 is 1.67 bits per heavy atom. The molecular weight excluding hydrogens is 270 g/mol. The Kier molecular flexibility index (Phi) is 4.48. The Hall–Kier alpha value is -2.34. The van der Waals surface area contributed by atoms with Crippen LogP contribution in [0.5, 0.6) is 11.5 Å². The molecule has 110 valence electrons. The van der Waals surface area contributed by atoms with Crippen LogP contribution in [0.25, 0.3) is 0 Å². The molecular formula is C15H17N3O3. The minimum atomic E-state index is 0.360. The van der Waals surface area contributed by atoms with Crippen LogP contribution in [0.15, 0.2) is 42.9 Å². The number of para-hydroxylation sites is 2. The minimum Gasteiger partial charge on any atom is -0.454 e. The lowest BCUT2D eigenvalue weighted by Crippen LogP contribution is -2.36. The summed E-state index contributed by atoms with van der Waals surface area (Å²) in [6, 6.07) is 9.55. The van der Waals surface area contributed by atoms with Gasteiger partial charge in [-0.15, -0.1) is 0 Å². The minimum absolute atomic E-state index is 0.360. The predicted molar refractivity (Wildman–Crippen MR) is 77.6 cm³/mol. The van der Waals surface area contributed by atoms with Crippen LogP contribution in [0.2, 0.25) is 0 Å². The van der Waals surface area contributed by atoms with Gasteiger partial charge in [0.2, 0.25) is 6.79 Å². The zero-order chi connectivity index (χ0) is 14.3. The number of ether oxygens (including phenoxy) is 3. The van der Waals surface area contributed by atoms with Crippen LogP contribution in [0.1, 0.15) is 0 Å². The van der Waals surface area contributed by atoms with Crippen molar-refractivity contribution in [1.82, 2.24) is 9.97 Å². The van der Waals surface area contributed by atoms with Crippen LogP contribution in [0.4, 0.5) is 5.82 Å². The quantitative estimate of drug-likeness (QED) is 0.796. The zero-order valence-corrected chi connectivity index (χ0v) is 11.6. The number of fused-ring (bicyclic) bond motifs is 1. The van der Waals surface area contributed by atoms with Gasteiger partial charge in [0.05, 0.1) is 13.2 Å². The molecule has 1 saturated heterocycles. The summed E-state index contributed by atoms with van der Waals surface area (Å²) in [5, 5.41) is 0. The maximum atomic E-state index is 5.24. The van der Waals surface area contributed by atoms with Gasteiger partial charge in [0, 0.05) is 19.3 Å². The Morgan fingerprint density at radius 1 is 0.952 bits per heavy atom. The molecule has 4 rings (SSSR count). The first-order valence-corrected chi connectivity index (χ1v) is 6.87. The molecule has 1 fully saturated rings. The fraction of sp³-hybridized carbons (Fsp3) is 0.333. The molecule has 0 atom stereocenters. The Balaban J connectivity index is 0.000000131. The summed E-state index contributed by atoms with van der Waals surface area (Å²) in [7, 11) is 0. The van der Waals surface area contributed by atoms with Gasteiger partial charge in [0.25, 0.3) is 0 Å². The summed E-state index contributed by atoms with van der Waals surface area (Å²) >= 11 is 0. The Labute approximate surface area is 123 Å². The highest BCUT2D eigenvalue weighted by molar-refractivity contribution is 5.40. The van der Waals surface area contributed by atoms with E-state index in [0.29, 0.717) is 6.79 Å². The summed E-state index contributed by atoms with van der Waals surface area (Å²) in [6.07, 6.45) is 3.34. The lowest BCUT2D eigenvalue weighted by molar-refractivity contribution is 0.122. The van der Waals surface area contributed by atoms with E-state index in [0.717, 1.165) is 43.6 Å². The molecule has 6 heteroatoms. The lowest BCUT2D eigenvalue weighted by atomic mass is 10.3. The first-order valence-electron chi connectivity index (χ1n) is 6.87. The number of hydrogen-bond donors (Lipinski definition) is 0. The van der Waals surface area contributed by atoms with E-state index in [1.54, 1.807) is 12.5 Å². The third-order valence-corrected chi connectivity index (χ3v) is 3.18. The lowest BCUT2D eigenvalue weighted by Gasteiger charge is -2.27. The highest BCUT2D eigenvalue weighted by Gasteiger charge is 2.11. The van der Waals surface area contributed by atoms with Gasteiger partial charge in [-0.05, 0) is 18.2 Å². The van der Waals surface area contributed by atoms with E-state index in [1.165, 1.54) is 0 Å². The number of hydrogen-bond acceptors (Lipinski definition) is 6. The molecule has 3 heterocycles. The molecule has 0 radical (unpaired) electrons. The number of anilines is 1. The molecule has 21 heavy (non-hydrogen) atoms. The molecule has 0 N–H and O–H groups in total. The van der Waals surface area contributed by atoms with Crippen molar-refractivity contribution in [1.29, 1.82) is 0 Å². The van der Waals surface area contributed by atoms with Gasteiger partial charge in [-0.3, -0.25) is 0 Å². The molecule has 0 aliphatic carbocycles. The van der Waals surface area contributed by atoms with Gasteiger partial charge in [0.15, 0.2) is 11.5 Å². The molecule has 6 nitrogen and oxygen atoms in total. The predicted octanol–water partition coefficient (Wildman–Crippen LogP) is 1.73. The van der Waals surface area contributed by atoms with Crippen LogP contribution in [0, 0.1) is 0 Å². The summed E-state index contributed by atoms with van der Waals surface area (Å²) < 4.78 is 15.4. The fourth-order valence-electron chi connectivity index (χ4n) is 2.11. The van der Waals surface area contributed by atoms with Crippen molar-refractivity contribution in [3.8, 4) is 11.5 Å². The van der Waals surface area contributed by atoms with Gasteiger partial charge in [-0.1, -0.05) is 12.1 Å². The Morgan fingerprint density at radius 3 is 2.29 bits per heavy atom. The van der Waals surface area contributed by atoms with Crippen LogP contribution in [-0.4, -0.2) is 43.1 Å². The maximum Gasteiger partial charge on any atom is 0.231 e. The van der Waals surface area contributed by atoms with Crippen molar-refractivity contribution in [2.75, 3.05) is 38.0 Å². The average Bonchev–Trinajstić information content (AvgIpc) is 3.06. The van der Waals surface area contributed by atoms with E-state index in [4.69, 9.17) is 14.2 Å². The van der Waals surface area contributed by atoms with E-state index in [2.05, 4.69) is 14.9 Å². The second kappa shape index (κ2) is 6.90. The number of benzene rings is 1. The molecule has 0 amide bonds. The van der Waals surface area contributed by atoms with Gasteiger partial charge >= 0.3 is 0 Å². The van der Waals surface area contributed by atoms with Gasteiger partial charge in [-0.2, -0.15) is 0 Å². The second-order valence-corrected chi connectivity index (χ2v) is 4.52. The zero-order valence-electron chi connectivity index (χ0n) is 11.6. The molecule has 0 unspecified atom stereocenters. The molecule has 2 aromatic rings. The molecule has 0 spiro atoms. The normalized spacial score (nSPS) is 16.1. The fourth-order valence-corrected chi connectivity index (χ4v) is 2.11. The summed E-state index contributed by atoms with van der Waals surface area (Å²) in [4.78, 5) is 10.2. The SMILES string of the molecule is c1cc(N2CCOCC2)ncn1.c1ccc2c(c1)OCO2. The topological polar surface area (TPSA) is 56.7 Å². The van der Waals surface area contributed by atoms with Crippen molar-refractivity contribution in [2.45, 2.75) is 0 Å². The first-order chi connectivity index (χ1) is 10.4. The summed E-state index contributed by atoms with van der Waals surface area (Å²) in [5.41, 5.74) is 0. The van der Waals surface area contributed by atoms with Crippen LogP contribution < -0.4 is 14.4 Å². The highest BCUT2D eigenvalue weighted by atomic mass is 16.7. The van der Waals surface area contributed by atoms with Crippen molar-refractivity contribution < 1.29 is 14.2 Å². The number of aromatic nitrogens is 2. The second-order valence-electron chi connectivity index (χ2n) is 4.52. The van der Waals surface area contributed by atoms with Crippen molar-refractivity contribution in [3.05, 3.63) is 42.9 Å². The maximum absolute atomic E-state index is 5.24. The standard InChI is InChI=1S/C8H11N3O.C7H6O2/c1-2-9-7-10-8(1)11-3-5-12-6-4-11;1-2-4-7-6(3-1)8-5-9-7/h1-2,7H,3-6H2;1-4H,5H2. The van der Waals surface area contributed by atoms with Gasteiger partial charge in [0.1, 0.15) is 12.1 Å². The van der Waals surface area contributed by atoms with Crippen LogP contribution in [0.3, 0.4) is 0 Å². The monoisotopic (exact) mass is 287 g/mol. The van der Waals surface area contributed by atoms with E-state index in [1.807, 2.05) is 30.3 Å². The van der Waals surface area contributed by atoms with E-state index >= 15 is 0 Å². The smallest absolute Gasteiger partial charge is 0.231 e. The molecule has 1 aromatic carbocycles. The van der Waals surface area contributed by atoms with E-state index < -0.39 is 0 Å². The van der Waals surface area contributed by atoms with Crippen molar-refractivity contribution in [3.63, 3.8) is 0 Å². The van der Waals surface area contributed by atoms with E-state index in [-0.39, 0.29) is 0 Å². The first kappa shape index (κ1) is 13.6. The van der Waals surface area contributed by atoms with Gasteiger partial charge < -0.3 is 19.1 Å². The molecule has 0 saturated carbocycles. The number of rotatable bonds is 1. The molecule has 2 aliphatic rings. The summed E-state index contributed by atoms with van der Waals surface area (Å²) in [5.74, 6) is 2.68. The van der Waals surface area contributed by atoms with Crippen molar-refractivity contribution in [2.24, 2.45) is 0 Å². The number of nitrogens with zero attached hydrogens (tertiary/aromatic N) is 3. The Bertz CT molecular complexity index is 536. The van der Waals surface area contributed by atoms with Crippen LogP contribution >= 0.6 is 0 Å².